The summed E-state index contributed by atoms with van der Waals surface area (Å²) in [5.74, 6) is 0. The van der Waals surface area contributed by atoms with Gasteiger partial charge in [-0.25, -0.2) is 4.79 Å². The van der Waals surface area contributed by atoms with Gasteiger partial charge in [0.15, 0.2) is 0 Å². The molecular weight excluding hydrogens is 420 g/mol. The van der Waals surface area contributed by atoms with Gasteiger partial charge in [0.05, 0.1) is 5.69 Å². The number of rotatable bonds is 5. The molecule has 2 amide bonds. The predicted molar refractivity (Wildman–Crippen MR) is 131 cm³/mol. The number of hydrogen-bond acceptors (Lipinski definition) is 3. The van der Waals surface area contributed by atoms with Crippen molar-refractivity contribution in [2.24, 2.45) is 0 Å². The molecule has 0 spiro atoms. The molecule has 5 nitrogen and oxygen atoms in total. The lowest BCUT2D eigenvalue weighted by Crippen LogP contribution is -2.45. The highest BCUT2D eigenvalue weighted by Crippen LogP contribution is 2.38. The van der Waals surface area contributed by atoms with Crippen LogP contribution in [0.4, 0.5) is 4.79 Å². The molecule has 1 aromatic carbocycles. The van der Waals surface area contributed by atoms with Crippen molar-refractivity contribution in [1.82, 2.24) is 20.1 Å². The van der Waals surface area contributed by atoms with Crippen molar-refractivity contribution in [2.45, 2.75) is 39.5 Å². The van der Waals surface area contributed by atoms with E-state index in [1.807, 2.05) is 23.2 Å². The SMILES string of the molecule is CCN(CC)CCNC(=O)N1CCC(=C2c3ccc(Cl)cc3CCc3cccnc32)CC1. The molecule has 2 aromatic rings. The zero-order chi connectivity index (χ0) is 22.5. The third-order valence-electron chi connectivity index (χ3n) is 6.73. The topological polar surface area (TPSA) is 48.5 Å². The second-order valence-electron chi connectivity index (χ2n) is 8.54. The average molecular weight is 453 g/mol. The number of carbonyl (C=O) groups is 1. The highest BCUT2D eigenvalue weighted by atomic mass is 35.5. The van der Waals surface area contributed by atoms with Crippen LogP contribution in [-0.4, -0.2) is 60.1 Å². The maximum absolute atomic E-state index is 12.7. The first-order valence-corrected chi connectivity index (χ1v) is 12.2. The number of nitrogens with zero attached hydrogens (tertiary/aromatic N) is 3. The minimum atomic E-state index is 0.0489. The number of aryl methyl sites for hydroxylation is 2. The number of fused-ring (bicyclic) bond motifs is 2. The summed E-state index contributed by atoms with van der Waals surface area (Å²) in [5.41, 5.74) is 7.57. The molecule has 6 heteroatoms. The van der Waals surface area contributed by atoms with E-state index in [1.54, 1.807) is 0 Å². The van der Waals surface area contributed by atoms with Crippen molar-refractivity contribution in [1.29, 1.82) is 0 Å². The van der Waals surface area contributed by atoms with Gasteiger partial charge in [-0.15, -0.1) is 0 Å². The van der Waals surface area contributed by atoms with Crippen LogP contribution in [0, 0.1) is 0 Å². The Morgan fingerprint density at radius 2 is 1.84 bits per heavy atom. The van der Waals surface area contributed by atoms with Crippen molar-refractivity contribution in [2.75, 3.05) is 39.3 Å². The molecular formula is C26H33ClN4O. The number of amides is 2. The van der Waals surface area contributed by atoms with Gasteiger partial charge >= 0.3 is 6.03 Å². The second-order valence-corrected chi connectivity index (χ2v) is 8.97. The first-order valence-electron chi connectivity index (χ1n) is 11.8. The number of aromatic nitrogens is 1. The summed E-state index contributed by atoms with van der Waals surface area (Å²) < 4.78 is 0. The molecule has 2 aliphatic rings. The minimum absolute atomic E-state index is 0.0489. The summed E-state index contributed by atoms with van der Waals surface area (Å²) >= 11 is 6.32. The lowest BCUT2D eigenvalue weighted by Gasteiger charge is -2.31. The molecule has 0 radical (unpaired) electrons. The van der Waals surface area contributed by atoms with Gasteiger partial charge < -0.3 is 15.1 Å². The molecule has 0 bridgehead atoms. The van der Waals surface area contributed by atoms with Gasteiger partial charge in [0.1, 0.15) is 0 Å². The van der Waals surface area contributed by atoms with Gasteiger partial charge in [0, 0.05) is 43.0 Å². The summed E-state index contributed by atoms with van der Waals surface area (Å²) in [5, 5.41) is 3.88. The lowest BCUT2D eigenvalue weighted by atomic mass is 9.88. The number of urea groups is 1. The van der Waals surface area contributed by atoms with Crippen LogP contribution in [0.1, 0.15) is 49.1 Å². The zero-order valence-electron chi connectivity index (χ0n) is 19.2. The van der Waals surface area contributed by atoms with Crippen LogP contribution >= 0.6 is 11.6 Å². The van der Waals surface area contributed by atoms with Crippen LogP contribution in [0.2, 0.25) is 5.02 Å². The molecule has 0 unspecified atom stereocenters. The highest BCUT2D eigenvalue weighted by Gasteiger charge is 2.26. The monoisotopic (exact) mass is 452 g/mol. The van der Waals surface area contributed by atoms with Gasteiger partial charge in [0.2, 0.25) is 0 Å². The fourth-order valence-electron chi connectivity index (χ4n) is 4.84. The molecule has 1 aliphatic carbocycles. The Morgan fingerprint density at radius 1 is 1.09 bits per heavy atom. The zero-order valence-corrected chi connectivity index (χ0v) is 19.9. The molecule has 0 saturated carbocycles. The number of benzene rings is 1. The third-order valence-corrected chi connectivity index (χ3v) is 6.97. The number of hydrogen-bond donors (Lipinski definition) is 1. The van der Waals surface area contributed by atoms with E-state index in [9.17, 15) is 4.79 Å². The van der Waals surface area contributed by atoms with E-state index < -0.39 is 0 Å². The lowest BCUT2D eigenvalue weighted by molar-refractivity contribution is 0.191. The van der Waals surface area contributed by atoms with Gasteiger partial charge in [-0.2, -0.15) is 0 Å². The van der Waals surface area contributed by atoms with Crippen LogP contribution in [0.25, 0.3) is 5.57 Å². The van der Waals surface area contributed by atoms with E-state index >= 15 is 0 Å². The molecule has 1 aromatic heterocycles. The van der Waals surface area contributed by atoms with Crippen LogP contribution < -0.4 is 5.32 Å². The molecule has 0 atom stereocenters. The van der Waals surface area contributed by atoms with Crippen molar-refractivity contribution < 1.29 is 4.79 Å². The molecule has 1 N–H and O–H groups in total. The average Bonchev–Trinajstić information content (AvgIpc) is 2.98. The van der Waals surface area contributed by atoms with E-state index in [0.717, 1.165) is 69.1 Å². The molecule has 32 heavy (non-hydrogen) atoms. The van der Waals surface area contributed by atoms with Crippen LogP contribution in [0.5, 0.6) is 0 Å². The molecule has 1 fully saturated rings. The van der Waals surface area contributed by atoms with Crippen LogP contribution in [-0.2, 0) is 12.8 Å². The first-order chi connectivity index (χ1) is 15.6. The smallest absolute Gasteiger partial charge is 0.317 e. The standard InChI is InChI=1S/C26H33ClN4O/c1-3-30(4-2)17-14-29-26(32)31-15-11-19(12-16-31)24-23-10-9-22(27)18-21(23)8-7-20-6-5-13-28-25(20)24/h5-6,9-10,13,18H,3-4,7-8,11-12,14-17H2,1-2H3,(H,29,32). The van der Waals surface area contributed by atoms with Crippen molar-refractivity contribution in [3.63, 3.8) is 0 Å². The Bertz CT molecular complexity index is 989. The number of pyridine rings is 1. The molecule has 2 heterocycles. The summed E-state index contributed by atoms with van der Waals surface area (Å²) in [6.07, 6.45) is 5.56. The number of likely N-dealkylation sites (N-methyl/N-ethyl adjacent to an activating group) is 1. The van der Waals surface area contributed by atoms with Gasteiger partial charge in [0.25, 0.3) is 0 Å². The number of piperidine rings is 1. The minimum Gasteiger partial charge on any atom is -0.337 e. The second kappa shape index (κ2) is 10.5. The quantitative estimate of drug-likeness (QED) is 0.710. The molecule has 1 aliphatic heterocycles. The molecule has 1 saturated heterocycles. The summed E-state index contributed by atoms with van der Waals surface area (Å²) in [4.78, 5) is 21.7. The van der Waals surface area contributed by atoms with E-state index in [4.69, 9.17) is 16.6 Å². The Kier molecular flexibility index (Phi) is 7.48. The fraction of sp³-hybridized carbons (Fsp3) is 0.462. The van der Waals surface area contributed by atoms with Crippen molar-refractivity contribution in [3.8, 4) is 0 Å². The number of nitrogens with one attached hydrogen (secondary N) is 1. The van der Waals surface area contributed by atoms with Crippen LogP contribution in [0.3, 0.4) is 0 Å². The van der Waals surface area contributed by atoms with Gasteiger partial charge in [-0.3, -0.25) is 4.98 Å². The molecule has 170 valence electrons. The normalized spacial score (nSPS) is 15.9. The van der Waals surface area contributed by atoms with E-state index in [-0.39, 0.29) is 6.03 Å². The Morgan fingerprint density at radius 3 is 2.59 bits per heavy atom. The van der Waals surface area contributed by atoms with Crippen LogP contribution in [0.15, 0.2) is 42.1 Å². The van der Waals surface area contributed by atoms with E-state index in [1.165, 1.54) is 27.8 Å². The largest absolute Gasteiger partial charge is 0.337 e. The Labute approximate surface area is 196 Å². The van der Waals surface area contributed by atoms with E-state index in [0.29, 0.717) is 6.54 Å². The summed E-state index contributed by atoms with van der Waals surface area (Å²) in [6, 6.07) is 10.5. The molecule has 4 rings (SSSR count). The first kappa shape index (κ1) is 22.8. The third kappa shape index (κ3) is 5.00. The van der Waals surface area contributed by atoms with Gasteiger partial charge in [-0.1, -0.05) is 43.2 Å². The maximum atomic E-state index is 12.7. The van der Waals surface area contributed by atoms with Crippen molar-refractivity contribution in [3.05, 3.63) is 69.5 Å². The predicted octanol–water partition coefficient (Wildman–Crippen LogP) is 4.78. The number of halogens is 1. The summed E-state index contributed by atoms with van der Waals surface area (Å²) in [7, 11) is 0. The summed E-state index contributed by atoms with van der Waals surface area (Å²) in [6.45, 7) is 9.38. The fourth-order valence-corrected chi connectivity index (χ4v) is 5.03. The maximum Gasteiger partial charge on any atom is 0.317 e. The Hall–Kier alpha value is -2.37. The highest BCUT2D eigenvalue weighted by molar-refractivity contribution is 6.30. The van der Waals surface area contributed by atoms with Gasteiger partial charge in [-0.05, 0) is 73.7 Å². The number of likely N-dealkylation sites (tertiary alicyclic amines) is 1. The Balaban J connectivity index is 1.52. The number of carbonyl (C=O) groups excluding carboxylic acids is 1. The van der Waals surface area contributed by atoms with Crippen molar-refractivity contribution >= 4 is 23.2 Å². The van der Waals surface area contributed by atoms with E-state index in [2.05, 4.69) is 42.3 Å².